The maximum absolute atomic E-state index is 12.7. The maximum Gasteiger partial charge on any atom is 0.433 e. The van der Waals surface area contributed by atoms with Gasteiger partial charge in [-0.3, -0.25) is 14.9 Å². The number of hydrogen-bond acceptors (Lipinski definition) is 6. The molecule has 27 heavy (non-hydrogen) atoms. The molecule has 0 spiro atoms. The smallest absolute Gasteiger partial charge is 0.395 e. The van der Waals surface area contributed by atoms with Gasteiger partial charge in [0.25, 0.3) is 5.91 Å². The van der Waals surface area contributed by atoms with E-state index in [1.165, 1.54) is 33.5 Å². The molecule has 0 unspecified atom stereocenters. The summed E-state index contributed by atoms with van der Waals surface area (Å²) >= 11 is 11.7. The average Bonchev–Trinajstić information content (AvgIpc) is 3.14. The average molecular weight is 434 g/mol. The van der Waals surface area contributed by atoms with Crippen molar-refractivity contribution >= 4 is 45.0 Å². The second kappa shape index (κ2) is 7.47. The molecule has 1 aliphatic heterocycles. The first-order valence-corrected chi connectivity index (χ1v) is 9.88. The van der Waals surface area contributed by atoms with Crippen LogP contribution in [0.15, 0.2) is 39.6 Å². The standard InChI is InChI=1S/C15H13Cl2N3O6S/c16-11-2-1-10(9-12(11)17)27(24,25)19-7-5-18(6-8-19)15(21)13-3-4-14(26-13)20(22)23/h1-4,9H,5-8H2. The van der Waals surface area contributed by atoms with Crippen molar-refractivity contribution in [2.45, 2.75) is 4.90 Å². The Balaban J connectivity index is 1.69. The minimum Gasteiger partial charge on any atom is -0.395 e. The number of benzene rings is 1. The number of nitrogens with zero attached hydrogens (tertiary/aromatic N) is 3. The minimum absolute atomic E-state index is 0.0123. The van der Waals surface area contributed by atoms with Crippen molar-refractivity contribution in [1.82, 2.24) is 9.21 Å². The first-order chi connectivity index (χ1) is 12.7. The van der Waals surface area contributed by atoms with Crippen LogP contribution in [0.3, 0.4) is 0 Å². The molecule has 0 N–H and O–H groups in total. The molecule has 1 aromatic heterocycles. The Morgan fingerprint density at radius 3 is 2.30 bits per heavy atom. The highest BCUT2D eigenvalue weighted by molar-refractivity contribution is 7.89. The highest BCUT2D eigenvalue weighted by Gasteiger charge is 2.32. The lowest BCUT2D eigenvalue weighted by atomic mass is 10.3. The fourth-order valence-corrected chi connectivity index (χ4v) is 4.43. The van der Waals surface area contributed by atoms with Crippen molar-refractivity contribution in [3.63, 3.8) is 0 Å². The Morgan fingerprint density at radius 2 is 1.74 bits per heavy atom. The Hall–Kier alpha value is -2.14. The number of hydrogen-bond donors (Lipinski definition) is 0. The van der Waals surface area contributed by atoms with Crippen LogP contribution in [0.5, 0.6) is 0 Å². The van der Waals surface area contributed by atoms with Gasteiger partial charge in [0.15, 0.2) is 5.76 Å². The number of furan rings is 1. The molecular formula is C15H13Cl2N3O6S. The summed E-state index contributed by atoms with van der Waals surface area (Å²) in [5, 5.41) is 11.0. The van der Waals surface area contributed by atoms with Crippen LogP contribution in [-0.2, 0) is 10.0 Å². The van der Waals surface area contributed by atoms with E-state index in [9.17, 15) is 23.3 Å². The molecule has 1 fully saturated rings. The van der Waals surface area contributed by atoms with E-state index in [1.54, 1.807) is 0 Å². The van der Waals surface area contributed by atoms with E-state index < -0.39 is 26.7 Å². The third kappa shape index (κ3) is 3.93. The molecule has 2 aromatic rings. The Bertz CT molecular complexity index is 999. The van der Waals surface area contributed by atoms with E-state index in [-0.39, 0.29) is 46.9 Å². The van der Waals surface area contributed by atoms with E-state index in [4.69, 9.17) is 27.6 Å². The number of halogens is 2. The van der Waals surface area contributed by atoms with Crippen LogP contribution >= 0.6 is 23.2 Å². The Labute approximate surface area is 164 Å². The van der Waals surface area contributed by atoms with Crippen LogP contribution in [0.25, 0.3) is 0 Å². The molecular weight excluding hydrogens is 421 g/mol. The minimum atomic E-state index is -3.78. The summed E-state index contributed by atoms with van der Waals surface area (Å²) in [4.78, 5) is 23.6. The largest absolute Gasteiger partial charge is 0.433 e. The molecule has 1 aliphatic rings. The number of piperazine rings is 1. The zero-order valence-electron chi connectivity index (χ0n) is 13.7. The molecule has 3 rings (SSSR count). The van der Waals surface area contributed by atoms with Gasteiger partial charge >= 0.3 is 5.88 Å². The molecule has 0 saturated carbocycles. The van der Waals surface area contributed by atoms with Crippen LogP contribution in [-0.4, -0.2) is 54.6 Å². The van der Waals surface area contributed by atoms with Crippen molar-refractivity contribution in [3.05, 3.63) is 56.3 Å². The van der Waals surface area contributed by atoms with Crippen molar-refractivity contribution < 1.29 is 22.6 Å². The summed E-state index contributed by atoms with van der Waals surface area (Å²) in [6, 6.07) is 6.36. The van der Waals surface area contributed by atoms with Gasteiger partial charge < -0.3 is 9.32 Å². The van der Waals surface area contributed by atoms with Crippen LogP contribution in [0, 0.1) is 10.1 Å². The van der Waals surface area contributed by atoms with Crippen LogP contribution < -0.4 is 0 Å². The summed E-state index contributed by atoms with van der Waals surface area (Å²) in [7, 11) is -3.78. The first-order valence-electron chi connectivity index (χ1n) is 7.69. The van der Waals surface area contributed by atoms with Gasteiger partial charge in [0.1, 0.15) is 4.92 Å². The van der Waals surface area contributed by atoms with Crippen molar-refractivity contribution in [2.24, 2.45) is 0 Å². The Kier molecular flexibility index (Phi) is 5.43. The highest BCUT2D eigenvalue weighted by atomic mass is 35.5. The van der Waals surface area contributed by atoms with E-state index in [0.29, 0.717) is 0 Å². The van der Waals surface area contributed by atoms with E-state index in [0.717, 1.165) is 6.07 Å². The highest BCUT2D eigenvalue weighted by Crippen LogP contribution is 2.27. The topological polar surface area (TPSA) is 114 Å². The molecule has 0 bridgehead atoms. The number of amides is 1. The zero-order chi connectivity index (χ0) is 19.8. The number of sulfonamides is 1. The van der Waals surface area contributed by atoms with Crippen molar-refractivity contribution in [2.75, 3.05) is 26.2 Å². The lowest BCUT2D eigenvalue weighted by Gasteiger charge is -2.33. The molecule has 0 atom stereocenters. The van der Waals surface area contributed by atoms with Crippen LogP contribution in [0.1, 0.15) is 10.6 Å². The predicted octanol–water partition coefficient (Wildman–Crippen LogP) is 2.64. The molecule has 1 aromatic carbocycles. The van der Waals surface area contributed by atoms with Gasteiger partial charge in [0.05, 0.1) is 21.0 Å². The SMILES string of the molecule is O=C(c1ccc([N+](=O)[O-])o1)N1CCN(S(=O)(=O)c2ccc(Cl)c(Cl)c2)CC1. The van der Waals surface area contributed by atoms with Gasteiger partial charge in [0, 0.05) is 26.2 Å². The molecule has 1 saturated heterocycles. The fraction of sp³-hybridized carbons (Fsp3) is 0.267. The van der Waals surface area contributed by atoms with Gasteiger partial charge in [-0.2, -0.15) is 4.31 Å². The quantitative estimate of drug-likeness (QED) is 0.540. The zero-order valence-corrected chi connectivity index (χ0v) is 16.0. The molecule has 9 nitrogen and oxygen atoms in total. The van der Waals surface area contributed by atoms with Crippen LogP contribution in [0.4, 0.5) is 5.88 Å². The second-order valence-corrected chi connectivity index (χ2v) is 8.42. The van der Waals surface area contributed by atoms with E-state index in [2.05, 4.69) is 0 Å². The third-order valence-electron chi connectivity index (χ3n) is 4.04. The Morgan fingerprint density at radius 1 is 1.07 bits per heavy atom. The normalized spacial score (nSPS) is 15.7. The van der Waals surface area contributed by atoms with Gasteiger partial charge in [0.2, 0.25) is 10.0 Å². The fourth-order valence-electron chi connectivity index (χ4n) is 2.61. The van der Waals surface area contributed by atoms with Gasteiger partial charge in [-0.15, -0.1) is 0 Å². The third-order valence-corrected chi connectivity index (χ3v) is 6.67. The van der Waals surface area contributed by atoms with Crippen molar-refractivity contribution in [1.29, 1.82) is 0 Å². The van der Waals surface area contributed by atoms with Gasteiger partial charge in [-0.25, -0.2) is 8.42 Å². The summed E-state index contributed by atoms with van der Waals surface area (Å²) in [6.45, 7) is 0.371. The number of carbonyl (C=O) groups is 1. The van der Waals surface area contributed by atoms with Crippen molar-refractivity contribution in [3.8, 4) is 0 Å². The lowest BCUT2D eigenvalue weighted by molar-refractivity contribution is -0.402. The number of nitro groups is 1. The molecule has 1 amide bonds. The predicted molar refractivity (Wildman–Crippen MR) is 96.5 cm³/mol. The lowest BCUT2D eigenvalue weighted by Crippen LogP contribution is -2.50. The second-order valence-electron chi connectivity index (χ2n) is 5.67. The van der Waals surface area contributed by atoms with Gasteiger partial charge in [-0.1, -0.05) is 23.2 Å². The van der Waals surface area contributed by atoms with Gasteiger partial charge in [-0.05, 0) is 24.3 Å². The molecule has 12 heteroatoms. The maximum atomic E-state index is 12.7. The number of carbonyl (C=O) groups excluding carboxylic acids is 1. The van der Waals surface area contributed by atoms with E-state index in [1.807, 2.05) is 0 Å². The molecule has 0 radical (unpaired) electrons. The molecule has 144 valence electrons. The first kappa shape index (κ1) is 19.6. The molecule has 2 heterocycles. The monoisotopic (exact) mass is 433 g/mol. The summed E-state index contributed by atoms with van der Waals surface area (Å²) in [5.74, 6) is -1.23. The molecule has 0 aliphatic carbocycles. The number of rotatable bonds is 4. The van der Waals surface area contributed by atoms with Crippen LogP contribution in [0.2, 0.25) is 10.0 Å². The summed E-state index contributed by atoms with van der Waals surface area (Å²) in [5.41, 5.74) is 0. The summed E-state index contributed by atoms with van der Waals surface area (Å²) < 4.78 is 31.5. The van der Waals surface area contributed by atoms with E-state index >= 15 is 0 Å². The summed E-state index contributed by atoms with van der Waals surface area (Å²) in [6.07, 6.45) is 0.